The van der Waals surface area contributed by atoms with Crippen LogP contribution in [-0.4, -0.2) is 41.1 Å². The van der Waals surface area contributed by atoms with Gasteiger partial charge in [-0.1, -0.05) is 0 Å². The third kappa shape index (κ3) is 2.15. The molecule has 1 amide bonds. The molecular formula is C11H15BrN2O2. The van der Waals surface area contributed by atoms with E-state index in [1.54, 1.807) is 12.3 Å². The zero-order chi connectivity index (χ0) is 11.8. The summed E-state index contributed by atoms with van der Waals surface area (Å²) in [4.78, 5) is 17.1. The van der Waals surface area contributed by atoms with E-state index in [0.29, 0.717) is 25.5 Å². The molecule has 1 fully saturated rings. The van der Waals surface area contributed by atoms with E-state index in [0.717, 1.165) is 4.47 Å². The first-order valence-electron chi connectivity index (χ1n) is 5.24. The second-order valence-electron chi connectivity index (χ2n) is 4.55. The molecule has 0 spiro atoms. The summed E-state index contributed by atoms with van der Waals surface area (Å²) in [7, 11) is 0. The van der Waals surface area contributed by atoms with Gasteiger partial charge in [-0.05, 0) is 35.8 Å². The van der Waals surface area contributed by atoms with E-state index in [2.05, 4.69) is 20.9 Å². The SMILES string of the molecule is CC1(C)COCCN1C(=O)c1cc(Br)c[nH]1. The van der Waals surface area contributed by atoms with Gasteiger partial charge >= 0.3 is 0 Å². The summed E-state index contributed by atoms with van der Waals surface area (Å²) < 4.78 is 6.28. The van der Waals surface area contributed by atoms with Crippen molar-refractivity contribution < 1.29 is 9.53 Å². The number of nitrogens with one attached hydrogen (secondary N) is 1. The molecule has 1 aromatic rings. The summed E-state index contributed by atoms with van der Waals surface area (Å²) in [5, 5.41) is 0. The van der Waals surface area contributed by atoms with Gasteiger partial charge in [0.2, 0.25) is 0 Å². The fourth-order valence-corrected chi connectivity index (χ4v) is 2.21. The second-order valence-corrected chi connectivity index (χ2v) is 5.47. The van der Waals surface area contributed by atoms with E-state index >= 15 is 0 Å². The number of morpholine rings is 1. The highest BCUT2D eigenvalue weighted by molar-refractivity contribution is 9.10. The number of halogens is 1. The fourth-order valence-electron chi connectivity index (χ4n) is 1.87. The van der Waals surface area contributed by atoms with Crippen LogP contribution in [0.5, 0.6) is 0 Å². The zero-order valence-corrected chi connectivity index (χ0v) is 11.0. The van der Waals surface area contributed by atoms with Gasteiger partial charge in [-0.15, -0.1) is 0 Å². The van der Waals surface area contributed by atoms with Crippen molar-refractivity contribution in [2.45, 2.75) is 19.4 Å². The summed E-state index contributed by atoms with van der Waals surface area (Å²) >= 11 is 3.33. The van der Waals surface area contributed by atoms with Gasteiger partial charge in [0.15, 0.2) is 0 Å². The number of hydrogen-bond acceptors (Lipinski definition) is 2. The summed E-state index contributed by atoms with van der Waals surface area (Å²) in [5.74, 6) is 0.0269. The van der Waals surface area contributed by atoms with Crippen molar-refractivity contribution >= 4 is 21.8 Å². The van der Waals surface area contributed by atoms with E-state index in [-0.39, 0.29) is 11.4 Å². The number of amides is 1. The standard InChI is InChI=1S/C11H15BrN2O2/c1-11(2)7-16-4-3-14(11)10(15)9-5-8(12)6-13-9/h5-6,13H,3-4,7H2,1-2H3. The summed E-state index contributed by atoms with van der Waals surface area (Å²) in [6, 6.07) is 1.80. The molecule has 88 valence electrons. The molecule has 2 rings (SSSR count). The highest BCUT2D eigenvalue weighted by atomic mass is 79.9. The first kappa shape index (κ1) is 11.7. The lowest BCUT2D eigenvalue weighted by molar-refractivity contribution is -0.0372. The van der Waals surface area contributed by atoms with Crippen LogP contribution in [0.1, 0.15) is 24.3 Å². The summed E-state index contributed by atoms with van der Waals surface area (Å²) in [5.41, 5.74) is 0.370. The molecular weight excluding hydrogens is 272 g/mol. The molecule has 1 aliphatic rings. The molecule has 5 heteroatoms. The van der Waals surface area contributed by atoms with Gasteiger partial charge in [0.25, 0.3) is 5.91 Å². The number of ether oxygens (including phenoxy) is 1. The Hall–Kier alpha value is -0.810. The molecule has 4 nitrogen and oxygen atoms in total. The van der Waals surface area contributed by atoms with E-state index in [9.17, 15) is 4.79 Å². The minimum absolute atomic E-state index is 0.0269. The number of aromatic amines is 1. The van der Waals surface area contributed by atoms with Crippen LogP contribution in [0.3, 0.4) is 0 Å². The van der Waals surface area contributed by atoms with Crippen LogP contribution in [-0.2, 0) is 4.74 Å². The van der Waals surface area contributed by atoms with Crippen molar-refractivity contribution in [2.75, 3.05) is 19.8 Å². The molecule has 0 unspecified atom stereocenters. The van der Waals surface area contributed by atoms with Gasteiger partial charge in [-0.25, -0.2) is 0 Å². The van der Waals surface area contributed by atoms with Crippen LogP contribution in [0.15, 0.2) is 16.7 Å². The van der Waals surface area contributed by atoms with E-state index in [4.69, 9.17) is 4.74 Å². The predicted octanol–water partition coefficient (Wildman–Crippen LogP) is 2.03. The molecule has 0 bridgehead atoms. The maximum atomic E-state index is 12.2. The van der Waals surface area contributed by atoms with E-state index in [1.165, 1.54) is 0 Å². The van der Waals surface area contributed by atoms with Crippen molar-refractivity contribution in [3.05, 3.63) is 22.4 Å². The van der Waals surface area contributed by atoms with Crippen LogP contribution >= 0.6 is 15.9 Å². The summed E-state index contributed by atoms with van der Waals surface area (Å²) in [6.07, 6.45) is 1.76. The number of carbonyl (C=O) groups is 1. The van der Waals surface area contributed by atoms with Gasteiger partial charge in [0, 0.05) is 17.2 Å². The van der Waals surface area contributed by atoms with Crippen molar-refractivity contribution in [3.63, 3.8) is 0 Å². The Morgan fingerprint density at radius 2 is 2.38 bits per heavy atom. The molecule has 1 N–H and O–H groups in total. The van der Waals surface area contributed by atoms with Gasteiger partial charge in [0.1, 0.15) is 5.69 Å². The Bertz CT molecular complexity index is 400. The summed E-state index contributed by atoms with van der Waals surface area (Å²) in [6.45, 7) is 5.87. The van der Waals surface area contributed by atoms with Crippen molar-refractivity contribution in [3.8, 4) is 0 Å². The lowest BCUT2D eigenvalue weighted by atomic mass is 10.0. The Morgan fingerprint density at radius 1 is 1.62 bits per heavy atom. The fraction of sp³-hybridized carbons (Fsp3) is 0.545. The average Bonchev–Trinajstić information content (AvgIpc) is 2.63. The largest absolute Gasteiger partial charge is 0.377 e. The first-order valence-corrected chi connectivity index (χ1v) is 6.04. The number of aromatic nitrogens is 1. The number of H-pyrrole nitrogens is 1. The minimum Gasteiger partial charge on any atom is -0.377 e. The zero-order valence-electron chi connectivity index (χ0n) is 9.42. The molecule has 1 saturated heterocycles. The highest BCUT2D eigenvalue weighted by Gasteiger charge is 2.34. The Balaban J connectivity index is 2.20. The Morgan fingerprint density at radius 3 is 2.94 bits per heavy atom. The molecule has 0 aliphatic carbocycles. The van der Waals surface area contributed by atoms with Crippen molar-refractivity contribution in [1.82, 2.24) is 9.88 Å². The van der Waals surface area contributed by atoms with Crippen LogP contribution in [0, 0.1) is 0 Å². The molecule has 0 saturated carbocycles. The lowest BCUT2D eigenvalue weighted by Crippen LogP contribution is -2.55. The maximum Gasteiger partial charge on any atom is 0.270 e. The topological polar surface area (TPSA) is 45.3 Å². The van der Waals surface area contributed by atoms with Gasteiger partial charge < -0.3 is 14.6 Å². The smallest absolute Gasteiger partial charge is 0.270 e. The predicted molar refractivity (Wildman–Crippen MR) is 64.4 cm³/mol. The number of carbonyl (C=O) groups excluding carboxylic acids is 1. The minimum atomic E-state index is -0.243. The number of rotatable bonds is 1. The van der Waals surface area contributed by atoms with Crippen LogP contribution in [0.4, 0.5) is 0 Å². The molecule has 1 aromatic heterocycles. The van der Waals surface area contributed by atoms with Gasteiger partial charge in [0.05, 0.1) is 18.8 Å². The number of nitrogens with zero attached hydrogens (tertiary/aromatic N) is 1. The second kappa shape index (κ2) is 4.22. The lowest BCUT2D eigenvalue weighted by Gasteiger charge is -2.41. The molecule has 2 heterocycles. The van der Waals surface area contributed by atoms with Gasteiger partial charge in [-0.2, -0.15) is 0 Å². The Kier molecular flexibility index (Phi) is 3.08. The molecule has 0 atom stereocenters. The van der Waals surface area contributed by atoms with Crippen LogP contribution in [0.25, 0.3) is 0 Å². The first-order chi connectivity index (χ1) is 7.50. The number of hydrogen-bond donors (Lipinski definition) is 1. The maximum absolute atomic E-state index is 12.2. The third-order valence-corrected chi connectivity index (χ3v) is 3.23. The van der Waals surface area contributed by atoms with Gasteiger partial charge in [-0.3, -0.25) is 4.79 Å². The Labute approximate surface area is 103 Å². The van der Waals surface area contributed by atoms with Crippen molar-refractivity contribution in [2.24, 2.45) is 0 Å². The molecule has 1 aliphatic heterocycles. The highest BCUT2D eigenvalue weighted by Crippen LogP contribution is 2.22. The average molecular weight is 287 g/mol. The van der Waals surface area contributed by atoms with Crippen molar-refractivity contribution in [1.29, 1.82) is 0 Å². The molecule has 0 aromatic carbocycles. The molecule has 16 heavy (non-hydrogen) atoms. The van der Waals surface area contributed by atoms with E-state index < -0.39 is 0 Å². The monoisotopic (exact) mass is 286 g/mol. The van der Waals surface area contributed by atoms with Crippen LogP contribution < -0.4 is 0 Å². The molecule has 0 radical (unpaired) electrons. The van der Waals surface area contributed by atoms with E-state index in [1.807, 2.05) is 18.7 Å². The normalized spacial score (nSPS) is 19.8. The third-order valence-electron chi connectivity index (χ3n) is 2.77. The quantitative estimate of drug-likeness (QED) is 0.859. The van der Waals surface area contributed by atoms with Crippen LogP contribution in [0.2, 0.25) is 0 Å².